The molecule has 9 heteroatoms. The van der Waals surface area contributed by atoms with Crippen molar-refractivity contribution in [3.63, 3.8) is 0 Å². The van der Waals surface area contributed by atoms with E-state index in [1.54, 1.807) is 12.2 Å². The number of carbonyl (C=O) groups excluding carboxylic acids is 3. The van der Waals surface area contributed by atoms with Gasteiger partial charge in [-0.1, -0.05) is 51.1 Å². The van der Waals surface area contributed by atoms with Crippen LogP contribution in [0.1, 0.15) is 46.1 Å². The van der Waals surface area contributed by atoms with Crippen molar-refractivity contribution in [3.05, 3.63) is 48.0 Å². The van der Waals surface area contributed by atoms with Gasteiger partial charge in [-0.15, -0.1) is 0 Å². The topological polar surface area (TPSA) is 100 Å². The molecule has 1 aliphatic heterocycles. The zero-order chi connectivity index (χ0) is 24.8. The van der Waals surface area contributed by atoms with Crippen LogP contribution in [0.4, 0.5) is 4.79 Å². The highest BCUT2D eigenvalue weighted by Gasteiger charge is 2.55. The van der Waals surface area contributed by atoms with E-state index in [1.807, 2.05) is 30.3 Å². The second-order valence-corrected chi connectivity index (χ2v) is 13.7. The number of esters is 2. The van der Waals surface area contributed by atoms with Crippen molar-refractivity contribution >= 4 is 26.3 Å². The van der Waals surface area contributed by atoms with Crippen molar-refractivity contribution in [1.29, 1.82) is 0 Å². The van der Waals surface area contributed by atoms with E-state index >= 15 is 0 Å². The van der Waals surface area contributed by atoms with Crippen LogP contribution >= 0.6 is 0 Å². The van der Waals surface area contributed by atoms with Gasteiger partial charge >= 0.3 is 18.0 Å². The minimum absolute atomic E-state index is 0.104. The number of benzene rings is 1. The third-order valence-corrected chi connectivity index (χ3v) is 11.5. The summed E-state index contributed by atoms with van der Waals surface area (Å²) in [5.41, 5.74) is -0.175. The maximum absolute atomic E-state index is 12.8. The van der Waals surface area contributed by atoms with E-state index < -0.39 is 44.2 Å². The summed E-state index contributed by atoms with van der Waals surface area (Å²) in [7, 11) is -2.07. The van der Waals surface area contributed by atoms with E-state index in [9.17, 15) is 14.4 Å². The zero-order valence-corrected chi connectivity index (χ0v) is 21.4. The lowest BCUT2D eigenvalue weighted by atomic mass is 9.83. The lowest BCUT2D eigenvalue weighted by Gasteiger charge is -2.43. The minimum Gasteiger partial charge on any atom is -0.458 e. The standard InChI is InChI=1S/C25H35NO7Si/c1-5-34(6-2,7-3)33-22-15-20(31-18(4)27)13-14-25(22)16-21(23(28)32-25)26-24(29)30-17-19-11-9-8-10-12-19/h8-14,20-22H,5-7,15-17H2,1-4H3,(H,26,29)/t20-,21-,22-,25+/m0/s1. The number of rotatable bonds is 9. The van der Waals surface area contributed by atoms with E-state index in [0.29, 0.717) is 6.42 Å². The van der Waals surface area contributed by atoms with Gasteiger partial charge in [-0.25, -0.2) is 9.59 Å². The third-order valence-electron chi connectivity index (χ3n) is 6.83. The molecule has 0 unspecified atom stereocenters. The summed E-state index contributed by atoms with van der Waals surface area (Å²) in [5, 5.41) is 2.64. The summed E-state index contributed by atoms with van der Waals surface area (Å²) in [6.45, 7) is 7.85. The molecule has 4 atom stereocenters. The Bertz CT molecular complexity index is 894. The molecule has 1 saturated heterocycles. The van der Waals surface area contributed by atoms with Gasteiger partial charge in [-0.3, -0.25) is 4.79 Å². The molecule has 0 saturated carbocycles. The van der Waals surface area contributed by atoms with E-state index in [4.69, 9.17) is 18.6 Å². The van der Waals surface area contributed by atoms with Crippen LogP contribution in [0.2, 0.25) is 18.1 Å². The van der Waals surface area contributed by atoms with E-state index in [-0.39, 0.29) is 19.0 Å². The molecule has 1 aliphatic carbocycles. The van der Waals surface area contributed by atoms with Crippen LogP contribution < -0.4 is 5.32 Å². The number of ether oxygens (including phenoxy) is 3. The van der Waals surface area contributed by atoms with Crippen molar-refractivity contribution in [2.24, 2.45) is 0 Å². The number of carbonyl (C=O) groups is 3. The van der Waals surface area contributed by atoms with Crippen molar-refractivity contribution < 1.29 is 33.0 Å². The molecule has 1 aromatic carbocycles. The largest absolute Gasteiger partial charge is 0.458 e. The van der Waals surface area contributed by atoms with Crippen LogP contribution in [0, 0.1) is 0 Å². The number of alkyl carbamates (subject to hydrolysis) is 1. The molecule has 1 spiro atoms. The molecular formula is C25H35NO7Si. The number of nitrogens with one attached hydrogen (secondary N) is 1. The Morgan fingerprint density at radius 3 is 2.44 bits per heavy atom. The number of hydrogen-bond acceptors (Lipinski definition) is 7. The van der Waals surface area contributed by atoms with E-state index in [2.05, 4.69) is 26.1 Å². The molecule has 1 aromatic rings. The Morgan fingerprint density at radius 1 is 1.15 bits per heavy atom. The number of hydrogen-bond donors (Lipinski definition) is 1. The van der Waals surface area contributed by atoms with Crippen LogP contribution in [0.15, 0.2) is 42.5 Å². The normalized spacial score (nSPS) is 26.2. The highest BCUT2D eigenvalue weighted by Crippen LogP contribution is 2.41. The van der Waals surface area contributed by atoms with Gasteiger partial charge in [-0.05, 0) is 35.8 Å². The van der Waals surface area contributed by atoms with Crippen LogP contribution in [0.25, 0.3) is 0 Å². The van der Waals surface area contributed by atoms with Gasteiger partial charge in [-0.2, -0.15) is 0 Å². The van der Waals surface area contributed by atoms with Gasteiger partial charge in [0.2, 0.25) is 0 Å². The van der Waals surface area contributed by atoms with Crippen LogP contribution in [0.3, 0.4) is 0 Å². The molecule has 2 aliphatic rings. The summed E-state index contributed by atoms with van der Waals surface area (Å²) in [6.07, 6.45) is 2.53. The monoisotopic (exact) mass is 489 g/mol. The Balaban J connectivity index is 1.74. The third kappa shape index (κ3) is 6.07. The predicted molar refractivity (Wildman–Crippen MR) is 128 cm³/mol. The first kappa shape index (κ1) is 26.0. The molecule has 0 radical (unpaired) electrons. The van der Waals surface area contributed by atoms with Crippen LogP contribution in [0.5, 0.6) is 0 Å². The van der Waals surface area contributed by atoms with E-state index in [0.717, 1.165) is 23.7 Å². The molecular weight excluding hydrogens is 454 g/mol. The lowest BCUT2D eigenvalue weighted by molar-refractivity contribution is -0.158. The SMILES string of the molecule is CC[Si](CC)(CC)O[C@H]1C[C@@H](OC(C)=O)C=C[C@@]12C[C@H](NC(=O)OCc1ccccc1)C(=O)O2. The number of amides is 1. The molecule has 1 amide bonds. The summed E-state index contributed by atoms with van der Waals surface area (Å²) in [4.78, 5) is 36.7. The molecule has 0 bridgehead atoms. The smallest absolute Gasteiger partial charge is 0.408 e. The van der Waals surface area contributed by atoms with Gasteiger partial charge in [0, 0.05) is 19.8 Å². The minimum atomic E-state index is -2.07. The average Bonchev–Trinajstić information content (AvgIpc) is 3.14. The molecule has 8 nitrogen and oxygen atoms in total. The second-order valence-electron chi connectivity index (χ2n) is 8.93. The first-order chi connectivity index (χ1) is 16.2. The molecule has 1 heterocycles. The van der Waals surface area contributed by atoms with Gasteiger partial charge in [0.25, 0.3) is 0 Å². The van der Waals surface area contributed by atoms with Crippen LogP contribution in [-0.4, -0.2) is 50.2 Å². The van der Waals surface area contributed by atoms with E-state index in [1.165, 1.54) is 6.92 Å². The molecule has 186 valence electrons. The Kier molecular flexibility index (Phi) is 8.54. The molecule has 1 fully saturated rings. The predicted octanol–water partition coefficient (Wildman–Crippen LogP) is 4.25. The maximum atomic E-state index is 12.8. The lowest BCUT2D eigenvalue weighted by Crippen LogP contribution is -2.53. The fourth-order valence-electron chi connectivity index (χ4n) is 4.64. The molecule has 1 N–H and O–H groups in total. The average molecular weight is 490 g/mol. The van der Waals surface area contributed by atoms with Crippen molar-refractivity contribution in [2.45, 2.75) is 89.1 Å². The van der Waals surface area contributed by atoms with Gasteiger partial charge < -0.3 is 24.0 Å². The van der Waals surface area contributed by atoms with Gasteiger partial charge in [0.15, 0.2) is 13.9 Å². The zero-order valence-electron chi connectivity index (χ0n) is 20.4. The molecule has 34 heavy (non-hydrogen) atoms. The fourth-order valence-corrected chi connectivity index (χ4v) is 7.53. The Labute approximate surface area is 202 Å². The van der Waals surface area contributed by atoms with Crippen molar-refractivity contribution in [3.8, 4) is 0 Å². The molecule has 3 rings (SSSR count). The maximum Gasteiger partial charge on any atom is 0.408 e. The highest BCUT2D eigenvalue weighted by molar-refractivity contribution is 6.73. The first-order valence-corrected chi connectivity index (χ1v) is 14.5. The highest BCUT2D eigenvalue weighted by atomic mass is 28.4. The summed E-state index contributed by atoms with van der Waals surface area (Å²) in [6, 6.07) is 11.2. The Hall–Kier alpha value is -2.65. The van der Waals surface area contributed by atoms with Gasteiger partial charge in [0.05, 0.1) is 6.10 Å². The molecule has 0 aromatic heterocycles. The quantitative estimate of drug-likeness (QED) is 0.240. The second kappa shape index (κ2) is 11.2. The summed E-state index contributed by atoms with van der Waals surface area (Å²) in [5.74, 6) is -0.906. The first-order valence-electron chi connectivity index (χ1n) is 12.0. The van der Waals surface area contributed by atoms with Gasteiger partial charge in [0.1, 0.15) is 18.8 Å². The summed E-state index contributed by atoms with van der Waals surface area (Å²) < 4.78 is 23.3. The van der Waals surface area contributed by atoms with Crippen LogP contribution in [-0.2, 0) is 34.8 Å². The Morgan fingerprint density at radius 2 is 1.82 bits per heavy atom. The van der Waals surface area contributed by atoms with Crippen molar-refractivity contribution in [2.75, 3.05) is 0 Å². The fraction of sp³-hybridized carbons (Fsp3) is 0.560. The summed E-state index contributed by atoms with van der Waals surface area (Å²) >= 11 is 0. The van der Waals surface area contributed by atoms with Crippen molar-refractivity contribution in [1.82, 2.24) is 5.32 Å².